The fourth-order valence-corrected chi connectivity index (χ4v) is 10.3. The molecule has 6 rings (SSSR count). The summed E-state index contributed by atoms with van der Waals surface area (Å²) in [6, 6.07) is 1.68. The van der Waals surface area contributed by atoms with E-state index >= 15 is 0 Å². The zero-order chi connectivity index (χ0) is 25.2. The zero-order valence-electron chi connectivity index (χ0n) is 24.1. The molecule has 8 unspecified atom stereocenters. The van der Waals surface area contributed by atoms with Crippen LogP contribution in [0.5, 0.6) is 0 Å². The van der Waals surface area contributed by atoms with E-state index in [4.69, 9.17) is 0 Å². The molecule has 2 aliphatic heterocycles. The standard InChI is InChI=1S/C35H55N2/c1-3-5-24-36-30(28-18-10-14-26-16-12-22-32(36)34(26)28)20-8-7-9-21-31-29-19-11-15-27-17-13-23-33(35(27)29)37(31)25-6-4-2/h7-9,20-21,26-29,32-35H,3-6,10-19,22-25H2,1-2H3/q+1. The summed E-state index contributed by atoms with van der Waals surface area (Å²) in [4.78, 5) is 2.90. The summed E-state index contributed by atoms with van der Waals surface area (Å²) >= 11 is 0. The van der Waals surface area contributed by atoms with Gasteiger partial charge in [0.25, 0.3) is 0 Å². The molecule has 4 saturated carbocycles. The highest BCUT2D eigenvalue weighted by Crippen LogP contribution is 2.54. The molecule has 6 aliphatic rings. The summed E-state index contributed by atoms with van der Waals surface area (Å²) < 4.78 is 2.90. The first kappa shape index (κ1) is 25.9. The van der Waals surface area contributed by atoms with Crippen LogP contribution in [-0.4, -0.2) is 40.4 Å². The van der Waals surface area contributed by atoms with E-state index in [1.54, 1.807) is 11.4 Å². The summed E-state index contributed by atoms with van der Waals surface area (Å²) in [5, 5.41) is 0. The van der Waals surface area contributed by atoms with Gasteiger partial charge in [-0.2, -0.15) is 0 Å². The predicted molar refractivity (Wildman–Crippen MR) is 157 cm³/mol. The van der Waals surface area contributed by atoms with Crippen molar-refractivity contribution in [2.45, 2.75) is 129 Å². The summed E-state index contributed by atoms with van der Waals surface area (Å²) in [7, 11) is 0. The topological polar surface area (TPSA) is 6.25 Å². The van der Waals surface area contributed by atoms with Crippen LogP contribution in [0.25, 0.3) is 0 Å². The lowest BCUT2D eigenvalue weighted by Crippen LogP contribution is -2.40. The van der Waals surface area contributed by atoms with Gasteiger partial charge in [-0.25, -0.2) is 4.58 Å². The van der Waals surface area contributed by atoms with Gasteiger partial charge in [0.15, 0.2) is 11.8 Å². The molecule has 4 aliphatic carbocycles. The van der Waals surface area contributed by atoms with Crippen LogP contribution in [0.4, 0.5) is 0 Å². The molecule has 37 heavy (non-hydrogen) atoms. The molecule has 8 atom stereocenters. The maximum absolute atomic E-state index is 2.90. The number of allylic oxidation sites excluding steroid dienone is 6. The molecule has 0 amide bonds. The normalized spacial score (nSPS) is 40.3. The maximum atomic E-state index is 2.90. The SMILES string of the molecule is CCCCN1/C(=C/C=C/C=C/C2=[N+](CCCC)C3CCCC4CCCC2C43)C2CCCC3CCCC1C32. The van der Waals surface area contributed by atoms with Crippen molar-refractivity contribution in [2.75, 3.05) is 13.1 Å². The average molecular weight is 504 g/mol. The van der Waals surface area contributed by atoms with Gasteiger partial charge >= 0.3 is 0 Å². The van der Waals surface area contributed by atoms with Gasteiger partial charge < -0.3 is 4.90 Å². The fourth-order valence-electron chi connectivity index (χ4n) is 10.3. The Hall–Kier alpha value is -1.31. The molecule has 2 heterocycles. The Morgan fingerprint density at radius 3 is 2.22 bits per heavy atom. The van der Waals surface area contributed by atoms with E-state index in [9.17, 15) is 0 Å². The van der Waals surface area contributed by atoms with Crippen LogP contribution in [0.1, 0.15) is 117 Å². The van der Waals surface area contributed by atoms with E-state index in [-0.39, 0.29) is 0 Å². The lowest BCUT2D eigenvalue weighted by Gasteiger charge is -2.41. The largest absolute Gasteiger partial charge is 0.371 e. The number of nitrogens with zero attached hydrogens (tertiary/aromatic N) is 2. The zero-order valence-corrected chi connectivity index (χ0v) is 24.1. The number of likely N-dealkylation sites (tertiary alicyclic amines) is 1. The Kier molecular flexibility index (Phi) is 8.29. The molecule has 2 nitrogen and oxygen atoms in total. The molecule has 2 heteroatoms. The van der Waals surface area contributed by atoms with Gasteiger partial charge in [-0.15, -0.1) is 0 Å². The first-order chi connectivity index (χ1) is 18.3. The number of hydrogen-bond acceptors (Lipinski definition) is 1. The molecule has 0 bridgehead atoms. The number of hydrogen-bond donors (Lipinski definition) is 0. The Morgan fingerprint density at radius 1 is 0.730 bits per heavy atom. The second-order valence-electron chi connectivity index (χ2n) is 13.6. The number of unbranched alkanes of at least 4 members (excludes halogenated alkanes) is 2. The average Bonchev–Trinajstić information content (AvgIpc) is 3.41. The van der Waals surface area contributed by atoms with Crippen molar-refractivity contribution in [1.82, 2.24) is 4.90 Å². The summed E-state index contributed by atoms with van der Waals surface area (Å²) in [5.74, 6) is 5.60. The van der Waals surface area contributed by atoms with Crippen molar-refractivity contribution in [3.05, 3.63) is 36.1 Å². The smallest absolute Gasteiger partial charge is 0.179 e. The van der Waals surface area contributed by atoms with Crippen molar-refractivity contribution in [3.63, 3.8) is 0 Å². The molecule has 0 N–H and O–H groups in total. The van der Waals surface area contributed by atoms with Crippen molar-refractivity contribution >= 4 is 5.71 Å². The van der Waals surface area contributed by atoms with Gasteiger partial charge in [-0.05, 0) is 68.8 Å². The van der Waals surface area contributed by atoms with Crippen LogP contribution < -0.4 is 0 Å². The van der Waals surface area contributed by atoms with E-state index in [1.165, 1.54) is 116 Å². The minimum atomic E-state index is 0.838. The molecule has 0 spiro atoms. The van der Waals surface area contributed by atoms with Crippen molar-refractivity contribution in [1.29, 1.82) is 0 Å². The lowest BCUT2D eigenvalue weighted by molar-refractivity contribution is -0.568. The lowest BCUT2D eigenvalue weighted by atomic mass is 9.64. The molecule has 0 radical (unpaired) electrons. The summed E-state index contributed by atoms with van der Waals surface area (Å²) in [5.41, 5.74) is 3.41. The van der Waals surface area contributed by atoms with Crippen LogP contribution in [0, 0.1) is 35.5 Å². The molecular formula is C35H55N2+. The first-order valence-electron chi connectivity index (χ1n) is 16.8. The maximum Gasteiger partial charge on any atom is 0.179 e. The highest BCUT2D eigenvalue weighted by atomic mass is 15.2. The van der Waals surface area contributed by atoms with Crippen LogP contribution in [0.2, 0.25) is 0 Å². The van der Waals surface area contributed by atoms with E-state index in [0.717, 1.165) is 47.6 Å². The van der Waals surface area contributed by atoms with Crippen molar-refractivity contribution < 1.29 is 4.58 Å². The van der Waals surface area contributed by atoms with Gasteiger partial charge in [0, 0.05) is 49.0 Å². The predicted octanol–water partition coefficient (Wildman–Crippen LogP) is 8.54. The van der Waals surface area contributed by atoms with Gasteiger partial charge in [-0.1, -0.05) is 77.0 Å². The molecule has 204 valence electrons. The highest BCUT2D eigenvalue weighted by Gasteiger charge is 2.54. The van der Waals surface area contributed by atoms with E-state index in [1.807, 2.05) is 0 Å². The molecule has 1 saturated heterocycles. The molecular weight excluding hydrogens is 448 g/mol. The molecule has 5 fully saturated rings. The quantitative estimate of drug-likeness (QED) is 0.226. The first-order valence-corrected chi connectivity index (χ1v) is 16.8. The van der Waals surface area contributed by atoms with Gasteiger partial charge in [0.2, 0.25) is 0 Å². The van der Waals surface area contributed by atoms with Crippen molar-refractivity contribution in [3.8, 4) is 0 Å². The fraction of sp³-hybridized carbons (Fsp3) is 0.800. The van der Waals surface area contributed by atoms with Crippen LogP contribution in [-0.2, 0) is 0 Å². The van der Waals surface area contributed by atoms with Gasteiger partial charge in [-0.3, -0.25) is 0 Å². The summed E-state index contributed by atoms with van der Waals surface area (Å²) in [6.45, 7) is 7.28. The van der Waals surface area contributed by atoms with E-state index < -0.39 is 0 Å². The number of rotatable bonds is 9. The Labute approximate surface area is 228 Å². The van der Waals surface area contributed by atoms with E-state index in [0.29, 0.717) is 0 Å². The van der Waals surface area contributed by atoms with Crippen LogP contribution in [0.3, 0.4) is 0 Å². The second kappa shape index (κ2) is 11.8. The minimum absolute atomic E-state index is 0.838. The third kappa shape index (κ3) is 4.93. The molecule has 0 aromatic carbocycles. The Bertz CT molecular complexity index is 904. The third-order valence-corrected chi connectivity index (χ3v) is 11.7. The Morgan fingerprint density at radius 2 is 1.43 bits per heavy atom. The molecule has 0 aromatic heterocycles. The van der Waals surface area contributed by atoms with Crippen molar-refractivity contribution in [2.24, 2.45) is 35.5 Å². The third-order valence-electron chi connectivity index (χ3n) is 11.7. The molecule has 0 aromatic rings. The highest BCUT2D eigenvalue weighted by molar-refractivity contribution is 5.94. The summed E-state index contributed by atoms with van der Waals surface area (Å²) in [6.07, 6.45) is 35.2. The van der Waals surface area contributed by atoms with Crippen LogP contribution in [0.15, 0.2) is 36.1 Å². The van der Waals surface area contributed by atoms with Gasteiger partial charge in [0.05, 0.1) is 5.92 Å². The van der Waals surface area contributed by atoms with E-state index in [2.05, 4.69) is 53.7 Å². The Balaban J connectivity index is 1.22. The monoisotopic (exact) mass is 503 g/mol. The minimum Gasteiger partial charge on any atom is -0.371 e. The van der Waals surface area contributed by atoms with Gasteiger partial charge in [0.1, 0.15) is 6.54 Å². The second-order valence-corrected chi connectivity index (χ2v) is 13.6. The van der Waals surface area contributed by atoms with Crippen LogP contribution >= 0.6 is 0 Å².